The maximum absolute atomic E-state index is 12.0. The number of hydrogen-bond donors (Lipinski definition) is 1. The third kappa shape index (κ3) is 5.02. The molecule has 0 unspecified atom stereocenters. The van der Waals surface area contributed by atoms with Gasteiger partial charge in [0.05, 0.1) is 0 Å². The fraction of sp³-hybridized carbons (Fsp3) is 0.529. The Morgan fingerprint density at radius 1 is 1.27 bits per heavy atom. The summed E-state index contributed by atoms with van der Waals surface area (Å²) in [4.78, 5) is 25.5. The Bertz CT molecular complexity index is 527. The zero-order chi connectivity index (χ0) is 16.7. The van der Waals surface area contributed by atoms with E-state index >= 15 is 0 Å². The topological polar surface area (TPSA) is 49.4 Å². The van der Waals surface area contributed by atoms with Gasteiger partial charge in [-0.2, -0.15) is 0 Å². The largest absolute Gasteiger partial charge is 0.354 e. The number of hydrogen-bond acceptors (Lipinski definition) is 2. The van der Waals surface area contributed by atoms with E-state index in [0.717, 1.165) is 24.1 Å². The minimum absolute atomic E-state index is 0.0404. The van der Waals surface area contributed by atoms with Gasteiger partial charge in [0, 0.05) is 36.6 Å². The third-order valence-corrected chi connectivity index (χ3v) is 4.07. The summed E-state index contributed by atoms with van der Waals surface area (Å²) in [6.45, 7) is 8.33. The van der Waals surface area contributed by atoms with Crippen molar-refractivity contribution in [1.29, 1.82) is 0 Å². The summed E-state index contributed by atoms with van der Waals surface area (Å²) in [5.74, 6) is 0.0251. The molecule has 1 aromatic carbocycles. The molecule has 0 fully saturated rings. The minimum atomic E-state index is -0.0675. The highest BCUT2D eigenvalue weighted by molar-refractivity contribution is 6.31. The molecule has 0 spiro atoms. The van der Waals surface area contributed by atoms with Crippen molar-refractivity contribution < 1.29 is 9.59 Å². The molecule has 0 saturated carbocycles. The van der Waals surface area contributed by atoms with Gasteiger partial charge in [-0.25, -0.2) is 0 Å². The van der Waals surface area contributed by atoms with Crippen LogP contribution in [0.4, 0.5) is 5.69 Å². The zero-order valence-electron chi connectivity index (χ0n) is 13.8. The number of nitrogens with one attached hydrogen (secondary N) is 1. The van der Waals surface area contributed by atoms with Gasteiger partial charge in [0.1, 0.15) is 0 Å². The predicted octanol–water partition coefficient (Wildman–Crippen LogP) is 3.55. The lowest BCUT2D eigenvalue weighted by atomic mass is 10.0. The van der Waals surface area contributed by atoms with Crippen molar-refractivity contribution >= 4 is 29.1 Å². The lowest BCUT2D eigenvalue weighted by Crippen LogP contribution is -2.39. The van der Waals surface area contributed by atoms with Crippen LogP contribution in [0.2, 0.25) is 5.02 Å². The standard InChI is InChI=1S/C17H25ClN2O2/c1-5-14(6-2)17(22)19-9-10-20(13(4)21)16-11-15(18)8-7-12(16)3/h7-8,11,14H,5-6,9-10H2,1-4H3,(H,19,22). The fourth-order valence-electron chi connectivity index (χ4n) is 2.42. The summed E-state index contributed by atoms with van der Waals surface area (Å²) in [7, 11) is 0. The second-order valence-electron chi connectivity index (χ2n) is 5.41. The Labute approximate surface area is 137 Å². The van der Waals surface area contributed by atoms with Gasteiger partial charge in [-0.15, -0.1) is 0 Å². The van der Waals surface area contributed by atoms with E-state index in [-0.39, 0.29) is 17.7 Å². The molecule has 1 rings (SSSR count). The van der Waals surface area contributed by atoms with Crippen molar-refractivity contribution in [3.8, 4) is 0 Å². The molecule has 1 N–H and O–H groups in total. The number of halogens is 1. The van der Waals surface area contributed by atoms with Gasteiger partial charge in [0.2, 0.25) is 11.8 Å². The molecule has 0 saturated heterocycles. The van der Waals surface area contributed by atoms with E-state index in [4.69, 9.17) is 11.6 Å². The summed E-state index contributed by atoms with van der Waals surface area (Å²) in [6.07, 6.45) is 1.65. The lowest BCUT2D eigenvalue weighted by molar-refractivity contribution is -0.125. The van der Waals surface area contributed by atoms with Crippen LogP contribution in [0, 0.1) is 12.8 Å². The summed E-state index contributed by atoms with van der Waals surface area (Å²) >= 11 is 6.02. The quantitative estimate of drug-likeness (QED) is 0.833. The van der Waals surface area contributed by atoms with E-state index in [1.54, 1.807) is 17.0 Å². The monoisotopic (exact) mass is 324 g/mol. The van der Waals surface area contributed by atoms with E-state index in [2.05, 4.69) is 5.32 Å². The highest BCUT2D eigenvalue weighted by Crippen LogP contribution is 2.24. The van der Waals surface area contributed by atoms with Gasteiger partial charge in [0.25, 0.3) is 0 Å². The van der Waals surface area contributed by atoms with Crippen LogP contribution in [-0.2, 0) is 9.59 Å². The van der Waals surface area contributed by atoms with Gasteiger partial charge in [-0.1, -0.05) is 31.5 Å². The van der Waals surface area contributed by atoms with Crippen LogP contribution in [-0.4, -0.2) is 24.9 Å². The predicted molar refractivity (Wildman–Crippen MR) is 91.3 cm³/mol. The van der Waals surface area contributed by atoms with E-state index < -0.39 is 0 Å². The first kappa shape index (κ1) is 18.5. The maximum Gasteiger partial charge on any atom is 0.223 e. The molecule has 2 amide bonds. The van der Waals surface area contributed by atoms with Crippen LogP contribution in [0.1, 0.15) is 39.2 Å². The number of carbonyl (C=O) groups excluding carboxylic acids is 2. The first-order chi connectivity index (χ1) is 10.4. The van der Waals surface area contributed by atoms with Crippen molar-refractivity contribution in [2.45, 2.75) is 40.5 Å². The number of nitrogens with zero attached hydrogens (tertiary/aromatic N) is 1. The summed E-state index contributed by atoms with van der Waals surface area (Å²) in [5.41, 5.74) is 1.77. The number of benzene rings is 1. The molecule has 0 aliphatic heterocycles. The molecule has 1 aromatic rings. The Morgan fingerprint density at radius 3 is 2.45 bits per heavy atom. The van der Waals surface area contributed by atoms with Crippen LogP contribution >= 0.6 is 11.6 Å². The van der Waals surface area contributed by atoms with E-state index in [0.29, 0.717) is 18.1 Å². The Kier molecular flexibility index (Phi) is 7.39. The minimum Gasteiger partial charge on any atom is -0.354 e. The van der Waals surface area contributed by atoms with Crippen molar-refractivity contribution in [2.24, 2.45) is 5.92 Å². The average molecular weight is 325 g/mol. The van der Waals surface area contributed by atoms with Gasteiger partial charge < -0.3 is 10.2 Å². The van der Waals surface area contributed by atoms with Crippen molar-refractivity contribution in [3.05, 3.63) is 28.8 Å². The molecule has 22 heavy (non-hydrogen) atoms. The van der Waals surface area contributed by atoms with Crippen LogP contribution < -0.4 is 10.2 Å². The first-order valence-electron chi connectivity index (χ1n) is 7.72. The normalized spacial score (nSPS) is 10.6. The van der Waals surface area contributed by atoms with Crippen molar-refractivity contribution in [2.75, 3.05) is 18.0 Å². The Balaban J connectivity index is 2.72. The van der Waals surface area contributed by atoms with Crippen LogP contribution in [0.25, 0.3) is 0 Å². The molecule has 0 radical (unpaired) electrons. The van der Waals surface area contributed by atoms with E-state index in [1.165, 1.54) is 6.92 Å². The number of rotatable bonds is 7. The van der Waals surface area contributed by atoms with E-state index in [9.17, 15) is 9.59 Å². The number of carbonyl (C=O) groups is 2. The van der Waals surface area contributed by atoms with Crippen LogP contribution in [0.3, 0.4) is 0 Å². The van der Waals surface area contributed by atoms with Gasteiger partial charge in [0.15, 0.2) is 0 Å². The summed E-state index contributed by atoms with van der Waals surface area (Å²) in [5, 5.41) is 3.50. The Morgan fingerprint density at radius 2 is 1.91 bits per heavy atom. The molecule has 0 aromatic heterocycles. The molecule has 4 nitrogen and oxygen atoms in total. The van der Waals surface area contributed by atoms with Crippen LogP contribution in [0.5, 0.6) is 0 Å². The lowest BCUT2D eigenvalue weighted by Gasteiger charge is -2.24. The van der Waals surface area contributed by atoms with Gasteiger partial charge in [-0.05, 0) is 37.5 Å². The molecule has 0 bridgehead atoms. The second-order valence-corrected chi connectivity index (χ2v) is 5.84. The highest BCUT2D eigenvalue weighted by atomic mass is 35.5. The fourth-order valence-corrected chi connectivity index (χ4v) is 2.58. The molecular formula is C17H25ClN2O2. The second kappa shape index (κ2) is 8.79. The molecule has 122 valence electrons. The average Bonchev–Trinajstić information content (AvgIpc) is 2.47. The highest BCUT2D eigenvalue weighted by Gasteiger charge is 2.17. The number of anilines is 1. The first-order valence-corrected chi connectivity index (χ1v) is 8.10. The molecule has 0 heterocycles. The third-order valence-electron chi connectivity index (χ3n) is 3.83. The summed E-state index contributed by atoms with van der Waals surface area (Å²) < 4.78 is 0. The smallest absolute Gasteiger partial charge is 0.223 e. The molecule has 0 atom stereocenters. The maximum atomic E-state index is 12.0. The SMILES string of the molecule is CCC(CC)C(=O)NCCN(C(C)=O)c1cc(Cl)ccc1C. The molecule has 0 aliphatic carbocycles. The molecule has 0 aliphatic rings. The Hall–Kier alpha value is -1.55. The number of amides is 2. The van der Waals surface area contributed by atoms with Crippen molar-refractivity contribution in [3.63, 3.8) is 0 Å². The molecule has 5 heteroatoms. The molecular weight excluding hydrogens is 300 g/mol. The summed E-state index contributed by atoms with van der Waals surface area (Å²) in [6, 6.07) is 5.46. The zero-order valence-corrected chi connectivity index (χ0v) is 14.5. The van der Waals surface area contributed by atoms with Gasteiger partial charge >= 0.3 is 0 Å². The van der Waals surface area contributed by atoms with Crippen molar-refractivity contribution in [1.82, 2.24) is 5.32 Å². The van der Waals surface area contributed by atoms with Gasteiger partial charge in [-0.3, -0.25) is 9.59 Å². The van der Waals surface area contributed by atoms with E-state index in [1.807, 2.05) is 26.8 Å². The number of aryl methyl sites for hydroxylation is 1. The van der Waals surface area contributed by atoms with Crippen LogP contribution in [0.15, 0.2) is 18.2 Å².